The molecule has 3 unspecified atom stereocenters. The molecule has 1 aromatic heterocycles. The zero-order valence-corrected chi connectivity index (χ0v) is 17.9. The number of Topliss-reactive ketones (excluding diaryl/α,β-unsaturated/α-hetero) is 2. The quantitative estimate of drug-likeness (QED) is 0.676. The van der Waals surface area contributed by atoms with Gasteiger partial charge in [-0.1, -0.05) is 6.92 Å². The van der Waals surface area contributed by atoms with Crippen molar-refractivity contribution in [1.82, 2.24) is 0 Å². The number of carbonyl (C=O) groups is 4. The van der Waals surface area contributed by atoms with Gasteiger partial charge in [0.05, 0.1) is 12.0 Å². The Balaban J connectivity index is 1.82. The molecular weight excluding hydrogens is 404 g/mol. The fourth-order valence-electron chi connectivity index (χ4n) is 6.28. The molecule has 2 heterocycles. The van der Waals surface area contributed by atoms with Crippen LogP contribution in [-0.2, 0) is 29.2 Å². The van der Waals surface area contributed by atoms with E-state index in [1.54, 1.807) is 0 Å². The van der Waals surface area contributed by atoms with Gasteiger partial charge in [-0.05, 0) is 18.9 Å². The van der Waals surface area contributed by atoms with Crippen molar-refractivity contribution in [3.05, 3.63) is 34.3 Å². The van der Waals surface area contributed by atoms with E-state index in [2.05, 4.69) is 0 Å². The van der Waals surface area contributed by atoms with Crippen molar-refractivity contribution in [3.63, 3.8) is 0 Å². The highest BCUT2D eigenvalue weighted by Gasteiger charge is 2.64. The van der Waals surface area contributed by atoms with E-state index < -0.39 is 35.0 Å². The van der Waals surface area contributed by atoms with Crippen molar-refractivity contribution in [2.75, 3.05) is 13.7 Å². The molecule has 8 nitrogen and oxygen atoms in total. The van der Waals surface area contributed by atoms with Gasteiger partial charge in [-0.25, -0.2) is 4.79 Å². The minimum absolute atomic E-state index is 0.0635. The van der Waals surface area contributed by atoms with Gasteiger partial charge in [-0.15, -0.1) is 0 Å². The first kappa shape index (κ1) is 20.2. The predicted octanol–water partition coefficient (Wildman–Crippen LogP) is 2.54. The molecule has 1 fully saturated rings. The van der Waals surface area contributed by atoms with Crippen LogP contribution in [-0.4, -0.2) is 49.4 Å². The largest absolute Gasteiger partial charge is 0.460 e. The maximum atomic E-state index is 13.7. The normalized spacial score (nSPS) is 36.0. The zero-order valence-electron chi connectivity index (χ0n) is 17.9. The van der Waals surface area contributed by atoms with Crippen molar-refractivity contribution < 1.29 is 37.8 Å². The van der Waals surface area contributed by atoms with E-state index in [1.165, 1.54) is 20.3 Å². The Morgan fingerprint density at radius 1 is 1.26 bits per heavy atom. The molecule has 1 aliphatic heterocycles. The molecule has 0 bridgehead atoms. The minimum atomic E-state index is -0.988. The van der Waals surface area contributed by atoms with Gasteiger partial charge >= 0.3 is 11.9 Å². The molecule has 5 atom stereocenters. The number of furan rings is 1. The number of methoxy groups -OCH3 is 1. The van der Waals surface area contributed by atoms with Crippen molar-refractivity contribution in [2.45, 2.75) is 57.7 Å². The van der Waals surface area contributed by atoms with Crippen LogP contribution in [0.1, 0.15) is 66.5 Å². The molecule has 4 aliphatic rings. The van der Waals surface area contributed by atoms with Crippen molar-refractivity contribution in [3.8, 4) is 0 Å². The average Bonchev–Trinajstić information content (AvgIpc) is 3.27. The first-order valence-electron chi connectivity index (χ1n) is 10.5. The fourth-order valence-corrected chi connectivity index (χ4v) is 6.28. The lowest BCUT2D eigenvalue weighted by Gasteiger charge is -2.51. The Bertz CT molecular complexity index is 1080. The fraction of sp³-hybridized carbons (Fsp3) is 0.565. The van der Waals surface area contributed by atoms with Crippen molar-refractivity contribution in [2.24, 2.45) is 11.3 Å². The highest BCUT2D eigenvalue weighted by molar-refractivity contribution is 6.14. The lowest BCUT2D eigenvalue weighted by Crippen LogP contribution is -2.57. The Morgan fingerprint density at radius 3 is 2.68 bits per heavy atom. The number of ether oxygens (including phenoxy) is 3. The molecule has 0 aromatic carbocycles. The molecule has 31 heavy (non-hydrogen) atoms. The first-order valence-corrected chi connectivity index (χ1v) is 10.5. The second-order valence-electron chi connectivity index (χ2n) is 9.30. The summed E-state index contributed by atoms with van der Waals surface area (Å²) >= 11 is 0. The maximum Gasteiger partial charge on any atom is 0.342 e. The average molecular weight is 428 g/mol. The van der Waals surface area contributed by atoms with Crippen LogP contribution < -0.4 is 0 Å². The first-order chi connectivity index (χ1) is 14.6. The molecule has 164 valence electrons. The van der Waals surface area contributed by atoms with E-state index in [4.69, 9.17) is 18.6 Å². The standard InChI is InChI=1S/C23H24O8/c1-10(24)30-13-7-22(2)12(5-6-14(22)25)16-18(13)23(3)15(9-28-4)31-21(27)11-8-29-20(17(11)23)19(16)26/h8,12-13,15H,5-7,9H2,1-4H3/t12-,13?,15?,22-,23?/m1/s1. The van der Waals surface area contributed by atoms with Crippen LogP contribution in [0.5, 0.6) is 0 Å². The van der Waals surface area contributed by atoms with E-state index in [-0.39, 0.29) is 41.8 Å². The van der Waals surface area contributed by atoms with Crippen LogP contribution in [0.3, 0.4) is 0 Å². The summed E-state index contributed by atoms with van der Waals surface area (Å²) in [4.78, 5) is 51.2. The highest BCUT2D eigenvalue weighted by Crippen LogP contribution is 2.61. The molecule has 1 saturated carbocycles. The second-order valence-corrected chi connectivity index (χ2v) is 9.30. The molecule has 0 radical (unpaired) electrons. The summed E-state index contributed by atoms with van der Waals surface area (Å²) in [7, 11) is 1.50. The van der Waals surface area contributed by atoms with Gasteiger partial charge in [0.25, 0.3) is 0 Å². The number of cyclic esters (lactones) is 1. The Hall–Kier alpha value is -2.74. The van der Waals surface area contributed by atoms with Crippen LogP contribution in [0.15, 0.2) is 21.8 Å². The summed E-state index contributed by atoms with van der Waals surface area (Å²) in [5.41, 5.74) is -0.0741. The van der Waals surface area contributed by atoms with Gasteiger partial charge in [-0.3, -0.25) is 14.4 Å². The number of esters is 2. The van der Waals surface area contributed by atoms with E-state index in [0.29, 0.717) is 29.6 Å². The Kier molecular flexibility index (Phi) is 4.16. The number of fused-ring (bicyclic) bond motifs is 3. The highest BCUT2D eigenvalue weighted by atomic mass is 16.6. The van der Waals surface area contributed by atoms with Gasteiger partial charge in [0.2, 0.25) is 5.78 Å². The summed E-state index contributed by atoms with van der Waals surface area (Å²) in [6.07, 6.45) is 0.906. The SMILES string of the molecule is COCC1OC(=O)c2coc3c2C1(C)C1=C(C3=O)[C@H]2CCC(=O)[C@]2(C)CC1OC(C)=O. The van der Waals surface area contributed by atoms with Gasteiger partial charge in [-0.2, -0.15) is 0 Å². The summed E-state index contributed by atoms with van der Waals surface area (Å²) in [5.74, 6) is -1.58. The van der Waals surface area contributed by atoms with Gasteiger partial charge in [0.15, 0.2) is 5.76 Å². The molecule has 0 N–H and O–H groups in total. The van der Waals surface area contributed by atoms with Crippen LogP contribution >= 0.6 is 0 Å². The zero-order chi connectivity index (χ0) is 22.3. The number of hydrogen-bond acceptors (Lipinski definition) is 8. The van der Waals surface area contributed by atoms with Gasteiger partial charge < -0.3 is 18.6 Å². The number of carbonyl (C=O) groups excluding carboxylic acids is 4. The molecule has 0 spiro atoms. The summed E-state index contributed by atoms with van der Waals surface area (Å²) in [5, 5.41) is 0. The van der Waals surface area contributed by atoms with E-state index in [0.717, 1.165) is 0 Å². The number of hydrogen-bond donors (Lipinski definition) is 0. The van der Waals surface area contributed by atoms with Crippen molar-refractivity contribution in [1.29, 1.82) is 0 Å². The Morgan fingerprint density at radius 2 is 2.00 bits per heavy atom. The number of rotatable bonds is 3. The minimum Gasteiger partial charge on any atom is -0.460 e. The molecule has 1 aromatic rings. The summed E-state index contributed by atoms with van der Waals surface area (Å²) in [6.45, 7) is 5.11. The smallest absolute Gasteiger partial charge is 0.342 e. The number of ketones is 2. The van der Waals surface area contributed by atoms with Crippen molar-refractivity contribution >= 4 is 23.5 Å². The van der Waals surface area contributed by atoms with E-state index >= 15 is 0 Å². The lowest BCUT2D eigenvalue weighted by atomic mass is 9.54. The summed E-state index contributed by atoms with van der Waals surface area (Å²) in [6, 6.07) is 0. The number of allylic oxidation sites excluding steroid dienone is 1. The van der Waals surface area contributed by atoms with Crippen LogP contribution in [0.25, 0.3) is 0 Å². The molecule has 3 aliphatic carbocycles. The third kappa shape index (κ3) is 2.39. The molecule has 0 amide bonds. The van der Waals surface area contributed by atoms with Crippen LogP contribution in [0.4, 0.5) is 0 Å². The summed E-state index contributed by atoms with van der Waals surface area (Å²) < 4.78 is 22.4. The maximum absolute atomic E-state index is 13.7. The lowest BCUT2D eigenvalue weighted by molar-refractivity contribution is -0.149. The topological polar surface area (TPSA) is 109 Å². The Labute approximate surface area is 178 Å². The van der Waals surface area contributed by atoms with Crippen LogP contribution in [0.2, 0.25) is 0 Å². The molecule has 0 saturated heterocycles. The third-order valence-electron chi connectivity index (χ3n) is 7.70. The predicted molar refractivity (Wildman–Crippen MR) is 105 cm³/mol. The van der Waals surface area contributed by atoms with Gasteiger partial charge in [0.1, 0.15) is 29.8 Å². The van der Waals surface area contributed by atoms with E-state index in [9.17, 15) is 19.2 Å². The molecular formula is C23H24O8. The second kappa shape index (κ2) is 6.38. The van der Waals surface area contributed by atoms with Crippen LogP contribution in [0, 0.1) is 11.3 Å². The monoisotopic (exact) mass is 428 g/mol. The van der Waals surface area contributed by atoms with E-state index in [1.807, 2.05) is 13.8 Å². The molecule has 8 heteroatoms. The third-order valence-corrected chi connectivity index (χ3v) is 7.70. The molecule has 5 rings (SSSR count). The van der Waals surface area contributed by atoms with Gasteiger partial charge in [0, 0.05) is 49.3 Å².